The SMILES string of the molecule is Cc1c(Br)cccc1-c1nc2cc(CN3CC[C@@H](C(=O)O)C3)cc(C#N)c2o1. The predicted octanol–water partition coefficient (Wildman–Crippen LogP) is 4.34. The zero-order valence-electron chi connectivity index (χ0n) is 15.3. The van der Waals surface area contributed by atoms with Gasteiger partial charge in [0.2, 0.25) is 5.89 Å². The quantitative estimate of drug-likeness (QED) is 0.649. The summed E-state index contributed by atoms with van der Waals surface area (Å²) in [6, 6.07) is 11.7. The molecule has 1 fully saturated rings. The molecule has 2 aromatic carbocycles. The van der Waals surface area contributed by atoms with Crippen LogP contribution in [0.15, 0.2) is 39.2 Å². The van der Waals surface area contributed by atoms with E-state index >= 15 is 0 Å². The van der Waals surface area contributed by atoms with E-state index in [9.17, 15) is 15.2 Å². The summed E-state index contributed by atoms with van der Waals surface area (Å²) in [5.41, 5.74) is 4.38. The van der Waals surface area contributed by atoms with Crippen LogP contribution in [0.1, 0.15) is 23.1 Å². The molecule has 0 spiro atoms. The molecule has 1 atom stereocenters. The minimum Gasteiger partial charge on any atom is -0.481 e. The van der Waals surface area contributed by atoms with Crippen LogP contribution in [-0.2, 0) is 11.3 Å². The van der Waals surface area contributed by atoms with Crippen LogP contribution in [0.25, 0.3) is 22.6 Å². The summed E-state index contributed by atoms with van der Waals surface area (Å²) in [5, 5.41) is 18.8. The highest BCUT2D eigenvalue weighted by Gasteiger charge is 2.28. The highest BCUT2D eigenvalue weighted by atomic mass is 79.9. The fourth-order valence-electron chi connectivity index (χ4n) is 3.66. The number of carboxylic acids is 1. The lowest BCUT2D eigenvalue weighted by atomic mass is 10.1. The van der Waals surface area contributed by atoms with Crippen molar-refractivity contribution in [1.29, 1.82) is 5.26 Å². The first-order valence-electron chi connectivity index (χ1n) is 9.00. The monoisotopic (exact) mass is 439 g/mol. The van der Waals surface area contributed by atoms with Gasteiger partial charge in [-0.25, -0.2) is 4.98 Å². The number of hydrogen-bond acceptors (Lipinski definition) is 5. The molecule has 3 aromatic rings. The Morgan fingerprint density at radius 1 is 1.46 bits per heavy atom. The Morgan fingerprint density at radius 2 is 2.29 bits per heavy atom. The van der Waals surface area contributed by atoms with Gasteiger partial charge in [-0.3, -0.25) is 9.69 Å². The lowest BCUT2D eigenvalue weighted by Gasteiger charge is -2.15. The zero-order chi connectivity index (χ0) is 19.8. The van der Waals surface area contributed by atoms with Crippen LogP contribution in [0.5, 0.6) is 0 Å². The molecule has 0 aliphatic carbocycles. The number of halogens is 1. The third kappa shape index (κ3) is 3.41. The Morgan fingerprint density at radius 3 is 3.00 bits per heavy atom. The summed E-state index contributed by atoms with van der Waals surface area (Å²) in [4.78, 5) is 17.9. The van der Waals surface area contributed by atoms with Crippen LogP contribution < -0.4 is 0 Å². The van der Waals surface area contributed by atoms with Crippen LogP contribution in [0, 0.1) is 24.2 Å². The Balaban J connectivity index is 1.69. The fraction of sp³-hybridized carbons (Fsp3) is 0.286. The first kappa shape index (κ1) is 18.7. The van der Waals surface area contributed by atoms with Crippen molar-refractivity contribution >= 4 is 33.0 Å². The molecule has 1 aromatic heterocycles. The standard InChI is InChI=1S/C21H18BrN3O3/c1-12-16(3-2-4-17(12)22)20-24-18-8-13(7-15(9-23)19(18)28-20)10-25-6-5-14(11-25)21(26)27/h2-4,7-8,14H,5-6,10-11H2,1H3,(H,26,27)/t14-/m1/s1. The molecule has 4 rings (SSSR count). The normalized spacial score (nSPS) is 17.1. The molecule has 0 saturated carbocycles. The number of oxazole rings is 1. The maximum Gasteiger partial charge on any atom is 0.307 e. The van der Waals surface area contributed by atoms with E-state index in [1.807, 2.05) is 31.2 Å². The van der Waals surface area contributed by atoms with Crippen molar-refractivity contribution in [2.75, 3.05) is 13.1 Å². The second-order valence-electron chi connectivity index (χ2n) is 7.09. The summed E-state index contributed by atoms with van der Waals surface area (Å²) >= 11 is 3.52. The number of aliphatic carboxylic acids is 1. The number of likely N-dealkylation sites (tertiary alicyclic amines) is 1. The highest BCUT2D eigenvalue weighted by molar-refractivity contribution is 9.10. The summed E-state index contributed by atoms with van der Waals surface area (Å²) in [6.45, 7) is 3.83. The van der Waals surface area contributed by atoms with E-state index in [0.717, 1.165) is 27.7 Å². The minimum absolute atomic E-state index is 0.322. The third-order valence-corrected chi connectivity index (χ3v) is 6.06. The maximum atomic E-state index is 11.2. The Kier molecular flexibility index (Phi) is 4.92. The van der Waals surface area contributed by atoms with Gasteiger partial charge < -0.3 is 9.52 Å². The number of nitriles is 1. The summed E-state index contributed by atoms with van der Waals surface area (Å²) in [6.07, 6.45) is 0.652. The Labute approximate surface area is 170 Å². The average molecular weight is 440 g/mol. The Hall–Kier alpha value is -2.69. The molecule has 0 unspecified atom stereocenters. The lowest BCUT2D eigenvalue weighted by Crippen LogP contribution is -2.22. The number of nitrogens with zero attached hydrogens (tertiary/aromatic N) is 3. The van der Waals surface area contributed by atoms with Gasteiger partial charge in [0.15, 0.2) is 5.58 Å². The van der Waals surface area contributed by atoms with Gasteiger partial charge in [0.25, 0.3) is 0 Å². The molecule has 6 nitrogen and oxygen atoms in total. The number of hydrogen-bond donors (Lipinski definition) is 1. The predicted molar refractivity (Wildman–Crippen MR) is 108 cm³/mol. The molecular weight excluding hydrogens is 422 g/mol. The third-order valence-electron chi connectivity index (χ3n) is 5.20. The van der Waals surface area contributed by atoms with E-state index < -0.39 is 5.97 Å². The summed E-state index contributed by atoms with van der Waals surface area (Å²) < 4.78 is 6.91. The molecule has 0 radical (unpaired) electrons. The number of carbonyl (C=O) groups is 1. The highest BCUT2D eigenvalue weighted by Crippen LogP contribution is 2.32. The van der Waals surface area contributed by atoms with E-state index in [1.165, 1.54) is 0 Å². The van der Waals surface area contributed by atoms with Crippen LogP contribution in [0.3, 0.4) is 0 Å². The number of benzene rings is 2. The topological polar surface area (TPSA) is 90.4 Å². The van der Waals surface area contributed by atoms with Crippen molar-refractivity contribution in [2.45, 2.75) is 19.9 Å². The van der Waals surface area contributed by atoms with Crippen LogP contribution >= 0.6 is 15.9 Å². The molecule has 1 N–H and O–H groups in total. The summed E-state index contributed by atoms with van der Waals surface area (Å²) in [5.74, 6) is -0.590. The largest absolute Gasteiger partial charge is 0.481 e. The molecule has 0 amide bonds. The molecule has 2 heterocycles. The molecule has 1 saturated heterocycles. The van der Waals surface area contributed by atoms with Crippen LogP contribution in [-0.4, -0.2) is 34.0 Å². The van der Waals surface area contributed by atoms with Crippen LogP contribution in [0.2, 0.25) is 0 Å². The van der Waals surface area contributed by atoms with Crippen molar-refractivity contribution in [1.82, 2.24) is 9.88 Å². The summed E-state index contributed by atoms with van der Waals surface area (Å²) in [7, 11) is 0. The van der Waals surface area contributed by atoms with Gasteiger partial charge in [0, 0.05) is 23.1 Å². The van der Waals surface area contributed by atoms with E-state index in [2.05, 4.69) is 31.9 Å². The van der Waals surface area contributed by atoms with E-state index in [1.54, 1.807) is 6.07 Å². The first-order chi connectivity index (χ1) is 13.5. The minimum atomic E-state index is -0.749. The molecule has 142 valence electrons. The molecule has 0 bridgehead atoms. The van der Waals surface area contributed by atoms with Gasteiger partial charge >= 0.3 is 5.97 Å². The van der Waals surface area contributed by atoms with Gasteiger partial charge in [0.1, 0.15) is 11.6 Å². The van der Waals surface area contributed by atoms with Gasteiger partial charge in [0.05, 0.1) is 11.5 Å². The van der Waals surface area contributed by atoms with Crippen LogP contribution in [0.4, 0.5) is 0 Å². The zero-order valence-corrected chi connectivity index (χ0v) is 16.9. The second kappa shape index (κ2) is 7.38. The smallest absolute Gasteiger partial charge is 0.307 e. The Bertz CT molecular complexity index is 1120. The first-order valence-corrected chi connectivity index (χ1v) is 9.79. The van der Waals surface area contributed by atoms with Crippen molar-refractivity contribution in [3.8, 4) is 17.5 Å². The molecule has 1 aliphatic heterocycles. The lowest BCUT2D eigenvalue weighted by molar-refractivity contribution is -0.141. The number of carboxylic acid groups (broad SMARTS) is 1. The molecule has 1 aliphatic rings. The number of fused-ring (bicyclic) bond motifs is 1. The van der Waals surface area contributed by atoms with E-state index in [0.29, 0.717) is 42.1 Å². The van der Waals surface area contributed by atoms with Crippen molar-refractivity contribution < 1.29 is 14.3 Å². The van der Waals surface area contributed by atoms with Crippen molar-refractivity contribution in [3.05, 3.63) is 51.5 Å². The van der Waals surface area contributed by atoms with E-state index in [-0.39, 0.29) is 5.92 Å². The molecule has 28 heavy (non-hydrogen) atoms. The number of aromatic nitrogens is 1. The fourth-order valence-corrected chi connectivity index (χ4v) is 4.02. The van der Waals surface area contributed by atoms with E-state index in [4.69, 9.17) is 4.42 Å². The molecule has 7 heteroatoms. The average Bonchev–Trinajstić information content (AvgIpc) is 3.30. The second-order valence-corrected chi connectivity index (χ2v) is 7.95. The van der Waals surface area contributed by atoms with Gasteiger partial charge in [-0.1, -0.05) is 22.0 Å². The van der Waals surface area contributed by atoms with Gasteiger partial charge in [-0.2, -0.15) is 5.26 Å². The van der Waals surface area contributed by atoms with Crippen molar-refractivity contribution in [2.24, 2.45) is 5.92 Å². The van der Waals surface area contributed by atoms with Gasteiger partial charge in [-0.05, 0) is 55.3 Å². The van der Waals surface area contributed by atoms with Crippen molar-refractivity contribution in [3.63, 3.8) is 0 Å². The number of rotatable bonds is 4. The maximum absolute atomic E-state index is 11.2. The molecular formula is C21H18BrN3O3. The van der Waals surface area contributed by atoms with Gasteiger partial charge in [-0.15, -0.1) is 0 Å².